The zero-order chi connectivity index (χ0) is 18.4. The van der Waals surface area contributed by atoms with E-state index in [2.05, 4.69) is 64.9 Å². The molecular formula is C22H21N5. The standard InChI is InChI=1S/C22H21N5/c1-14(2)12-24-21-22-25-13-20(16-7-8-17-15(11-16)9-10-23-17)27(22)19-6-4-3-5-18(19)26-21/h3-11,13-14,23H,12H2,1-2H3,(H,24,26). The second-order valence-corrected chi connectivity index (χ2v) is 7.31. The third-order valence-corrected chi connectivity index (χ3v) is 4.86. The van der Waals surface area contributed by atoms with Crippen molar-refractivity contribution < 1.29 is 0 Å². The summed E-state index contributed by atoms with van der Waals surface area (Å²) in [7, 11) is 0. The molecule has 0 amide bonds. The van der Waals surface area contributed by atoms with E-state index in [1.807, 2.05) is 24.5 Å². The van der Waals surface area contributed by atoms with E-state index >= 15 is 0 Å². The van der Waals surface area contributed by atoms with Crippen molar-refractivity contribution >= 4 is 33.4 Å². The lowest BCUT2D eigenvalue weighted by Gasteiger charge is -2.12. The molecule has 5 heteroatoms. The maximum Gasteiger partial charge on any atom is 0.181 e. The zero-order valence-corrected chi connectivity index (χ0v) is 15.4. The number of fused-ring (bicyclic) bond motifs is 4. The Morgan fingerprint density at radius 2 is 2.00 bits per heavy atom. The molecule has 0 aliphatic heterocycles. The lowest BCUT2D eigenvalue weighted by atomic mass is 10.1. The molecule has 0 fully saturated rings. The van der Waals surface area contributed by atoms with Gasteiger partial charge in [-0.25, -0.2) is 9.97 Å². The predicted octanol–water partition coefficient (Wildman–Crippen LogP) is 5.10. The smallest absolute Gasteiger partial charge is 0.181 e. The maximum absolute atomic E-state index is 4.82. The van der Waals surface area contributed by atoms with Crippen LogP contribution in [0.2, 0.25) is 0 Å². The van der Waals surface area contributed by atoms with Crippen molar-refractivity contribution in [2.24, 2.45) is 5.92 Å². The highest BCUT2D eigenvalue weighted by Gasteiger charge is 2.15. The van der Waals surface area contributed by atoms with Crippen LogP contribution in [-0.4, -0.2) is 25.9 Å². The van der Waals surface area contributed by atoms with Crippen LogP contribution in [-0.2, 0) is 0 Å². The number of aromatic nitrogens is 4. The number of para-hydroxylation sites is 2. The number of aromatic amines is 1. The number of anilines is 1. The van der Waals surface area contributed by atoms with Crippen LogP contribution in [0.5, 0.6) is 0 Å². The van der Waals surface area contributed by atoms with Gasteiger partial charge in [0.15, 0.2) is 11.5 Å². The third-order valence-electron chi connectivity index (χ3n) is 4.86. The topological polar surface area (TPSA) is 58.0 Å². The fraction of sp³-hybridized carbons (Fsp3) is 0.182. The molecule has 0 unspecified atom stereocenters. The predicted molar refractivity (Wildman–Crippen MR) is 111 cm³/mol. The average molecular weight is 355 g/mol. The quantitative estimate of drug-likeness (QED) is 0.472. The summed E-state index contributed by atoms with van der Waals surface area (Å²) in [5.74, 6) is 1.36. The van der Waals surface area contributed by atoms with Gasteiger partial charge in [0.2, 0.25) is 0 Å². The van der Waals surface area contributed by atoms with E-state index in [4.69, 9.17) is 9.97 Å². The highest BCUT2D eigenvalue weighted by Crippen LogP contribution is 2.30. The highest BCUT2D eigenvalue weighted by molar-refractivity contribution is 5.89. The molecule has 27 heavy (non-hydrogen) atoms. The zero-order valence-electron chi connectivity index (χ0n) is 15.4. The van der Waals surface area contributed by atoms with Gasteiger partial charge in [-0.15, -0.1) is 0 Å². The van der Waals surface area contributed by atoms with E-state index in [0.29, 0.717) is 5.92 Å². The Morgan fingerprint density at radius 1 is 1.11 bits per heavy atom. The molecule has 5 nitrogen and oxygen atoms in total. The Bertz CT molecular complexity index is 1260. The van der Waals surface area contributed by atoms with Crippen molar-refractivity contribution in [1.29, 1.82) is 0 Å². The van der Waals surface area contributed by atoms with E-state index in [1.54, 1.807) is 0 Å². The van der Waals surface area contributed by atoms with Crippen LogP contribution in [0.15, 0.2) is 60.9 Å². The largest absolute Gasteiger partial charge is 0.367 e. The van der Waals surface area contributed by atoms with Gasteiger partial charge in [-0.05, 0) is 36.2 Å². The fourth-order valence-corrected chi connectivity index (χ4v) is 3.52. The van der Waals surface area contributed by atoms with Crippen molar-refractivity contribution in [1.82, 2.24) is 19.4 Å². The molecule has 0 saturated carbocycles. The summed E-state index contributed by atoms with van der Waals surface area (Å²) in [6.07, 6.45) is 3.91. The van der Waals surface area contributed by atoms with Crippen LogP contribution >= 0.6 is 0 Å². The number of nitrogens with one attached hydrogen (secondary N) is 2. The van der Waals surface area contributed by atoms with E-state index < -0.39 is 0 Å². The molecule has 2 N–H and O–H groups in total. The number of rotatable bonds is 4. The van der Waals surface area contributed by atoms with Gasteiger partial charge >= 0.3 is 0 Å². The molecule has 0 spiro atoms. The SMILES string of the molecule is CC(C)CNc1nc2ccccc2n2c(-c3ccc4[nH]ccc4c3)cnc12. The Morgan fingerprint density at radius 3 is 2.89 bits per heavy atom. The summed E-state index contributed by atoms with van der Waals surface area (Å²) in [4.78, 5) is 12.8. The molecule has 134 valence electrons. The number of imidazole rings is 1. The van der Waals surface area contributed by atoms with E-state index in [1.165, 1.54) is 5.39 Å². The van der Waals surface area contributed by atoms with Gasteiger partial charge in [-0.2, -0.15) is 0 Å². The Kier molecular flexibility index (Phi) is 3.60. The average Bonchev–Trinajstić information content (AvgIpc) is 3.32. The lowest BCUT2D eigenvalue weighted by molar-refractivity contribution is 0.687. The van der Waals surface area contributed by atoms with Crippen molar-refractivity contribution in [2.75, 3.05) is 11.9 Å². The first-order chi connectivity index (χ1) is 13.2. The van der Waals surface area contributed by atoms with Crippen LogP contribution in [0.4, 0.5) is 5.82 Å². The number of H-pyrrole nitrogens is 1. The van der Waals surface area contributed by atoms with E-state index in [-0.39, 0.29) is 0 Å². The lowest BCUT2D eigenvalue weighted by Crippen LogP contribution is -2.11. The molecule has 0 saturated heterocycles. The van der Waals surface area contributed by atoms with Crippen molar-refractivity contribution in [3.05, 3.63) is 60.9 Å². The van der Waals surface area contributed by atoms with Gasteiger partial charge in [0.05, 0.1) is 22.9 Å². The molecule has 5 rings (SSSR count). The Balaban J connectivity index is 1.78. The van der Waals surface area contributed by atoms with Crippen LogP contribution in [0.25, 0.3) is 38.8 Å². The molecule has 5 aromatic rings. The second kappa shape index (κ2) is 6.13. The summed E-state index contributed by atoms with van der Waals surface area (Å²) in [5.41, 5.74) is 6.22. The van der Waals surface area contributed by atoms with E-state index in [0.717, 1.165) is 45.8 Å². The van der Waals surface area contributed by atoms with Crippen molar-refractivity contribution in [2.45, 2.75) is 13.8 Å². The Labute approximate surface area is 157 Å². The number of nitrogens with zero attached hydrogens (tertiary/aromatic N) is 3. The third kappa shape index (κ3) is 2.63. The summed E-state index contributed by atoms with van der Waals surface area (Å²) in [5, 5.41) is 4.66. The first kappa shape index (κ1) is 15.9. The summed E-state index contributed by atoms with van der Waals surface area (Å²) in [6, 6.07) is 16.8. The van der Waals surface area contributed by atoms with Gasteiger partial charge in [-0.1, -0.05) is 32.0 Å². The first-order valence-electron chi connectivity index (χ1n) is 9.28. The molecule has 0 atom stereocenters. The highest BCUT2D eigenvalue weighted by atomic mass is 15.1. The van der Waals surface area contributed by atoms with Gasteiger partial charge in [0, 0.05) is 29.2 Å². The summed E-state index contributed by atoms with van der Waals surface area (Å²) < 4.78 is 2.21. The van der Waals surface area contributed by atoms with Gasteiger partial charge in [-0.3, -0.25) is 4.40 Å². The molecule has 3 aromatic heterocycles. The molecule has 0 bridgehead atoms. The molecule has 0 aliphatic carbocycles. The van der Waals surface area contributed by atoms with Gasteiger partial charge in [0.1, 0.15) is 0 Å². The molecule has 2 aromatic carbocycles. The Hall–Kier alpha value is -3.34. The monoisotopic (exact) mass is 355 g/mol. The van der Waals surface area contributed by atoms with Crippen LogP contribution in [0.1, 0.15) is 13.8 Å². The molecular weight excluding hydrogens is 334 g/mol. The van der Waals surface area contributed by atoms with Crippen LogP contribution in [0, 0.1) is 5.92 Å². The molecule has 0 radical (unpaired) electrons. The first-order valence-corrected chi connectivity index (χ1v) is 9.28. The summed E-state index contributed by atoms with van der Waals surface area (Å²) >= 11 is 0. The van der Waals surface area contributed by atoms with Crippen LogP contribution < -0.4 is 5.32 Å². The van der Waals surface area contributed by atoms with Gasteiger partial charge < -0.3 is 10.3 Å². The number of benzene rings is 2. The van der Waals surface area contributed by atoms with Crippen molar-refractivity contribution in [3.63, 3.8) is 0 Å². The number of hydrogen-bond acceptors (Lipinski definition) is 3. The maximum atomic E-state index is 4.82. The number of hydrogen-bond donors (Lipinski definition) is 2. The minimum Gasteiger partial charge on any atom is -0.367 e. The normalized spacial score (nSPS) is 11.8. The van der Waals surface area contributed by atoms with E-state index in [9.17, 15) is 0 Å². The summed E-state index contributed by atoms with van der Waals surface area (Å²) in [6.45, 7) is 5.24. The molecule has 0 aliphatic rings. The minimum absolute atomic E-state index is 0.531. The second-order valence-electron chi connectivity index (χ2n) is 7.31. The van der Waals surface area contributed by atoms with Gasteiger partial charge in [0.25, 0.3) is 0 Å². The minimum atomic E-state index is 0.531. The van der Waals surface area contributed by atoms with Crippen molar-refractivity contribution in [3.8, 4) is 11.3 Å². The van der Waals surface area contributed by atoms with Crippen LogP contribution in [0.3, 0.4) is 0 Å². The molecule has 3 heterocycles. The fourth-order valence-electron chi connectivity index (χ4n) is 3.52.